The molecule has 0 fully saturated rings. The summed E-state index contributed by atoms with van der Waals surface area (Å²) in [7, 11) is 0. The van der Waals surface area contributed by atoms with Crippen molar-refractivity contribution < 1.29 is 30.0 Å². The van der Waals surface area contributed by atoms with E-state index < -0.39 is 11.9 Å². The highest BCUT2D eigenvalue weighted by molar-refractivity contribution is 5.63. The Morgan fingerprint density at radius 1 is 1.06 bits per heavy atom. The number of phenolic OH excluding ortho intramolecular Hbond substituents is 2. The van der Waals surface area contributed by atoms with Crippen LogP contribution in [0.15, 0.2) is 24.8 Å². The molecule has 0 aliphatic rings. The highest BCUT2D eigenvalue weighted by Crippen LogP contribution is 2.24. The van der Waals surface area contributed by atoms with Crippen LogP contribution in [0, 0.1) is 0 Å². The molecule has 0 radical (unpaired) electrons. The van der Waals surface area contributed by atoms with Crippen molar-refractivity contribution in [2.24, 2.45) is 0 Å². The quantitative estimate of drug-likeness (QED) is 0.570. The fourth-order valence-corrected chi connectivity index (χ4v) is 0.667. The van der Waals surface area contributed by atoms with Crippen molar-refractivity contribution in [1.29, 1.82) is 0 Å². The Kier molecular flexibility index (Phi) is 9.64. The predicted octanol–water partition coefficient (Wildman–Crippen LogP) is 1.92. The number of rotatable bonds is 1. The molecule has 100 valence electrons. The zero-order valence-corrected chi connectivity index (χ0v) is 10.1. The van der Waals surface area contributed by atoms with E-state index in [1.54, 1.807) is 12.1 Å². The number of carbonyl (C=O) groups is 2. The van der Waals surface area contributed by atoms with E-state index in [4.69, 9.17) is 30.0 Å². The second-order valence-corrected chi connectivity index (χ2v) is 2.99. The molecule has 18 heavy (non-hydrogen) atoms. The SMILES string of the molecule is C=Cc1ccc(O)c(O)c1.CC(=O)O.CC(=O)O. The third-order valence-electron chi connectivity index (χ3n) is 1.24. The third kappa shape index (κ3) is 13.5. The summed E-state index contributed by atoms with van der Waals surface area (Å²) in [6.45, 7) is 5.68. The highest BCUT2D eigenvalue weighted by atomic mass is 16.4. The summed E-state index contributed by atoms with van der Waals surface area (Å²) in [6.07, 6.45) is 1.60. The topological polar surface area (TPSA) is 115 Å². The van der Waals surface area contributed by atoms with Crippen LogP contribution in [0.2, 0.25) is 0 Å². The molecular weight excluding hydrogens is 240 g/mol. The summed E-state index contributed by atoms with van der Waals surface area (Å²) in [6, 6.07) is 4.54. The van der Waals surface area contributed by atoms with Gasteiger partial charge in [0.1, 0.15) is 0 Å². The van der Waals surface area contributed by atoms with Gasteiger partial charge in [-0.25, -0.2) is 0 Å². The predicted molar refractivity (Wildman–Crippen MR) is 66.5 cm³/mol. The summed E-state index contributed by atoms with van der Waals surface area (Å²) >= 11 is 0. The van der Waals surface area contributed by atoms with Gasteiger partial charge in [-0.05, 0) is 17.7 Å². The molecule has 0 heterocycles. The molecule has 1 aromatic carbocycles. The lowest BCUT2D eigenvalue weighted by Gasteiger charge is -1.96. The maximum absolute atomic E-state index is 9.00. The minimum atomic E-state index is -0.833. The van der Waals surface area contributed by atoms with Gasteiger partial charge >= 0.3 is 0 Å². The number of carboxylic acids is 2. The molecule has 0 aromatic heterocycles. The van der Waals surface area contributed by atoms with Crippen LogP contribution in [0.5, 0.6) is 11.5 Å². The molecule has 0 amide bonds. The number of benzene rings is 1. The lowest BCUT2D eigenvalue weighted by molar-refractivity contribution is -0.135. The molecule has 1 rings (SSSR count). The minimum Gasteiger partial charge on any atom is -0.504 e. The number of hydrogen-bond acceptors (Lipinski definition) is 4. The fourth-order valence-electron chi connectivity index (χ4n) is 0.667. The number of aliphatic carboxylic acids is 2. The van der Waals surface area contributed by atoms with Crippen molar-refractivity contribution in [2.75, 3.05) is 0 Å². The summed E-state index contributed by atoms with van der Waals surface area (Å²) in [5, 5.41) is 32.6. The minimum absolute atomic E-state index is 0.106. The van der Waals surface area contributed by atoms with Crippen molar-refractivity contribution in [3.8, 4) is 11.5 Å². The van der Waals surface area contributed by atoms with Crippen molar-refractivity contribution in [3.05, 3.63) is 30.3 Å². The first-order valence-electron chi connectivity index (χ1n) is 4.74. The third-order valence-corrected chi connectivity index (χ3v) is 1.24. The molecule has 6 nitrogen and oxygen atoms in total. The molecule has 4 N–H and O–H groups in total. The largest absolute Gasteiger partial charge is 0.504 e. The lowest BCUT2D eigenvalue weighted by atomic mass is 10.2. The van der Waals surface area contributed by atoms with Crippen LogP contribution in [0.25, 0.3) is 6.08 Å². The second-order valence-electron chi connectivity index (χ2n) is 2.99. The number of carboxylic acid groups (broad SMARTS) is 2. The first-order chi connectivity index (χ1) is 8.20. The van der Waals surface area contributed by atoms with Crippen molar-refractivity contribution in [2.45, 2.75) is 13.8 Å². The maximum Gasteiger partial charge on any atom is 0.300 e. The van der Waals surface area contributed by atoms with Crippen LogP contribution < -0.4 is 0 Å². The Hall–Kier alpha value is -2.50. The van der Waals surface area contributed by atoms with E-state index in [0.29, 0.717) is 0 Å². The van der Waals surface area contributed by atoms with Gasteiger partial charge < -0.3 is 20.4 Å². The van der Waals surface area contributed by atoms with E-state index in [0.717, 1.165) is 19.4 Å². The van der Waals surface area contributed by atoms with Crippen LogP contribution in [-0.4, -0.2) is 32.4 Å². The van der Waals surface area contributed by atoms with E-state index in [2.05, 4.69) is 6.58 Å². The van der Waals surface area contributed by atoms with Crippen molar-refractivity contribution in [1.82, 2.24) is 0 Å². The standard InChI is InChI=1S/C8H8O2.2C2H4O2/c1-2-6-3-4-7(9)8(10)5-6;2*1-2(3)4/h2-5,9-10H,1H2;2*1H3,(H,3,4). The highest BCUT2D eigenvalue weighted by Gasteiger charge is 1.96. The average molecular weight is 256 g/mol. The number of aromatic hydroxyl groups is 2. The number of hydrogen-bond donors (Lipinski definition) is 4. The molecule has 0 aliphatic carbocycles. The molecule has 0 spiro atoms. The smallest absolute Gasteiger partial charge is 0.300 e. The van der Waals surface area contributed by atoms with Gasteiger partial charge in [0.25, 0.3) is 11.9 Å². The zero-order valence-electron chi connectivity index (χ0n) is 10.1. The van der Waals surface area contributed by atoms with Crippen LogP contribution in [0.4, 0.5) is 0 Å². The summed E-state index contributed by atoms with van der Waals surface area (Å²) in [5.41, 5.74) is 0.787. The molecule has 1 aromatic rings. The Morgan fingerprint density at radius 3 is 1.72 bits per heavy atom. The Morgan fingerprint density at radius 2 is 1.44 bits per heavy atom. The van der Waals surface area contributed by atoms with E-state index >= 15 is 0 Å². The molecule has 0 atom stereocenters. The second kappa shape index (κ2) is 9.71. The fraction of sp³-hybridized carbons (Fsp3) is 0.167. The molecule has 6 heteroatoms. The first-order valence-corrected chi connectivity index (χ1v) is 4.74. The van der Waals surface area contributed by atoms with Crippen LogP contribution >= 0.6 is 0 Å². The van der Waals surface area contributed by atoms with Gasteiger partial charge in [0, 0.05) is 13.8 Å². The molecule has 0 unspecified atom stereocenters. The first kappa shape index (κ1) is 17.9. The summed E-state index contributed by atoms with van der Waals surface area (Å²) < 4.78 is 0. The van der Waals surface area contributed by atoms with Crippen molar-refractivity contribution in [3.63, 3.8) is 0 Å². The molecule has 0 saturated heterocycles. The van der Waals surface area contributed by atoms with Crippen molar-refractivity contribution >= 4 is 18.0 Å². The van der Waals surface area contributed by atoms with Gasteiger partial charge in [-0.3, -0.25) is 9.59 Å². The normalized spacial score (nSPS) is 7.89. The van der Waals surface area contributed by atoms with Crippen LogP contribution in [-0.2, 0) is 9.59 Å². The van der Waals surface area contributed by atoms with E-state index in [1.807, 2.05) is 0 Å². The van der Waals surface area contributed by atoms with Gasteiger partial charge in [-0.2, -0.15) is 0 Å². The zero-order chi connectivity index (χ0) is 14.7. The van der Waals surface area contributed by atoms with Gasteiger partial charge in [0.2, 0.25) is 0 Å². The molecule has 0 saturated carbocycles. The molecule has 0 aliphatic heterocycles. The van der Waals surface area contributed by atoms with Gasteiger partial charge in [0.15, 0.2) is 11.5 Å². The van der Waals surface area contributed by atoms with Gasteiger partial charge in [-0.15, -0.1) is 0 Å². The van der Waals surface area contributed by atoms with Gasteiger partial charge in [0.05, 0.1) is 0 Å². The monoisotopic (exact) mass is 256 g/mol. The molecular formula is C12H16O6. The Balaban J connectivity index is 0. The van der Waals surface area contributed by atoms with E-state index in [9.17, 15) is 0 Å². The molecule has 0 bridgehead atoms. The van der Waals surface area contributed by atoms with Gasteiger partial charge in [-0.1, -0.05) is 18.7 Å². The van der Waals surface area contributed by atoms with E-state index in [1.165, 1.54) is 12.1 Å². The Bertz CT molecular complexity index is 391. The average Bonchev–Trinajstić information content (AvgIpc) is 2.20. The van der Waals surface area contributed by atoms with Crippen LogP contribution in [0.3, 0.4) is 0 Å². The summed E-state index contributed by atoms with van der Waals surface area (Å²) in [4.78, 5) is 18.0. The lowest BCUT2D eigenvalue weighted by Crippen LogP contribution is -1.78. The number of phenols is 2. The van der Waals surface area contributed by atoms with Crippen LogP contribution in [0.1, 0.15) is 19.4 Å². The Labute approximate surface area is 104 Å². The maximum atomic E-state index is 9.00. The van der Waals surface area contributed by atoms with E-state index in [-0.39, 0.29) is 11.5 Å². The summed E-state index contributed by atoms with van der Waals surface area (Å²) in [5.74, 6) is -1.89.